The molecule has 5 heteroatoms. The summed E-state index contributed by atoms with van der Waals surface area (Å²) in [5.74, 6) is 0.919. The number of pyridine rings is 1. The number of nitrogens with zero attached hydrogens (tertiary/aromatic N) is 2. The van der Waals surface area contributed by atoms with E-state index in [-0.39, 0.29) is 5.56 Å². The van der Waals surface area contributed by atoms with E-state index in [1.54, 1.807) is 6.07 Å². The maximum Gasteiger partial charge on any atom is 0.250 e. The van der Waals surface area contributed by atoms with Crippen LogP contribution in [0.4, 0.5) is 0 Å². The molecule has 3 heterocycles. The molecule has 3 rings (SSSR count). The second kappa shape index (κ2) is 5.07. The van der Waals surface area contributed by atoms with Crippen molar-refractivity contribution in [3.05, 3.63) is 34.2 Å². The van der Waals surface area contributed by atoms with Gasteiger partial charge in [-0.05, 0) is 18.4 Å². The van der Waals surface area contributed by atoms with Crippen molar-refractivity contribution in [2.24, 2.45) is 11.7 Å². The topological polar surface area (TPSA) is 71.5 Å². The predicted molar refractivity (Wildman–Crippen MR) is 73.1 cm³/mol. The van der Waals surface area contributed by atoms with Gasteiger partial charge in [0.25, 0.3) is 5.56 Å². The standard InChI is InChI=1S/C14H21N3O2/c15-5-12(18)9-16-6-10-4-11(8-16)13-2-1-3-14(19)17(13)7-10/h1-3,10-12,18H,4-9,15H2/t10-,11+,12?/m1/s1. The van der Waals surface area contributed by atoms with Crippen LogP contribution in [0.1, 0.15) is 18.0 Å². The third kappa shape index (κ3) is 2.45. The second-order valence-electron chi connectivity index (χ2n) is 5.81. The lowest BCUT2D eigenvalue weighted by Crippen LogP contribution is -2.49. The molecule has 104 valence electrons. The van der Waals surface area contributed by atoms with Crippen molar-refractivity contribution < 1.29 is 5.11 Å². The number of piperidine rings is 1. The first-order chi connectivity index (χ1) is 9.17. The third-order valence-electron chi connectivity index (χ3n) is 4.30. The van der Waals surface area contributed by atoms with E-state index in [1.807, 2.05) is 10.6 Å². The number of aliphatic hydroxyl groups excluding tert-OH is 1. The molecule has 19 heavy (non-hydrogen) atoms. The van der Waals surface area contributed by atoms with E-state index in [0.717, 1.165) is 31.7 Å². The fourth-order valence-electron chi connectivity index (χ4n) is 3.52. The number of rotatable bonds is 3. The highest BCUT2D eigenvalue weighted by molar-refractivity contribution is 5.16. The van der Waals surface area contributed by atoms with Crippen LogP contribution in [0.5, 0.6) is 0 Å². The minimum Gasteiger partial charge on any atom is -0.390 e. The van der Waals surface area contributed by atoms with Crippen LogP contribution in [-0.2, 0) is 6.54 Å². The number of aliphatic hydroxyl groups is 1. The van der Waals surface area contributed by atoms with Gasteiger partial charge in [-0.3, -0.25) is 9.69 Å². The summed E-state index contributed by atoms with van der Waals surface area (Å²) in [5, 5.41) is 9.69. The van der Waals surface area contributed by atoms with E-state index in [1.165, 1.54) is 0 Å². The van der Waals surface area contributed by atoms with Gasteiger partial charge in [0, 0.05) is 50.4 Å². The number of nitrogens with two attached hydrogens (primary N) is 1. The maximum absolute atomic E-state index is 11.9. The quantitative estimate of drug-likeness (QED) is 0.777. The lowest BCUT2D eigenvalue weighted by Gasteiger charge is -2.43. The average Bonchev–Trinajstić information content (AvgIpc) is 2.40. The molecule has 1 aromatic rings. The molecular formula is C14H21N3O2. The number of likely N-dealkylation sites (tertiary alicyclic amines) is 1. The minimum atomic E-state index is -0.447. The van der Waals surface area contributed by atoms with Crippen molar-refractivity contribution >= 4 is 0 Å². The number of aromatic nitrogens is 1. The van der Waals surface area contributed by atoms with Crippen LogP contribution in [0.15, 0.2) is 23.0 Å². The van der Waals surface area contributed by atoms with Crippen molar-refractivity contribution in [1.82, 2.24) is 9.47 Å². The van der Waals surface area contributed by atoms with Gasteiger partial charge in [0.05, 0.1) is 6.10 Å². The summed E-state index contributed by atoms with van der Waals surface area (Å²) < 4.78 is 1.93. The summed E-state index contributed by atoms with van der Waals surface area (Å²) >= 11 is 0. The molecule has 0 aromatic carbocycles. The zero-order chi connectivity index (χ0) is 13.4. The Balaban J connectivity index is 1.82. The minimum absolute atomic E-state index is 0.114. The molecule has 1 aromatic heterocycles. The second-order valence-corrected chi connectivity index (χ2v) is 5.81. The summed E-state index contributed by atoms with van der Waals surface area (Å²) in [6.45, 7) is 3.62. The largest absolute Gasteiger partial charge is 0.390 e. The zero-order valence-electron chi connectivity index (χ0n) is 11.0. The van der Waals surface area contributed by atoms with Crippen LogP contribution >= 0.6 is 0 Å². The van der Waals surface area contributed by atoms with E-state index < -0.39 is 6.10 Å². The molecule has 0 amide bonds. The molecule has 0 spiro atoms. The Morgan fingerprint density at radius 2 is 2.21 bits per heavy atom. The normalized spacial score (nSPS) is 27.9. The van der Waals surface area contributed by atoms with Gasteiger partial charge < -0.3 is 15.4 Å². The molecule has 1 unspecified atom stereocenters. The van der Waals surface area contributed by atoms with Crippen LogP contribution in [0.2, 0.25) is 0 Å². The molecule has 5 nitrogen and oxygen atoms in total. The number of hydrogen-bond donors (Lipinski definition) is 2. The molecule has 1 saturated heterocycles. The van der Waals surface area contributed by atoms with E-state index in [9.17, 15) is 9.90 Å². The highest BCUT2D eigenvalue weighted by Gasteiger charge is 2.34. The molecule has 3 atom stereocenters. The Hall–Kier alpha value is -1.17. The van der Waals surface area contributed by atoms with Crippen LogP contribution in [0.25, 0.3) is 0 Å². The lowest BCUT2D eigenvalue weighted by atomic mass is 9.83. The van der Waals surface area contributed by atoms with Crippen molar-refractivity contribution in [3.63, 3.8) is 0 Å². The van der Waals surface area contributed by atoms with E-state index in [0.29, 0.717) is 24.9 Å². The average molecular weight is 263 g/mol. The van der Waals surface area contributed by atoms with Gasteiger partial charge in [-0.2, -0.15) is 0 Å². The highest BCUT2D eigenvalue weighted by atomic mass is 16.3. The first-order valence-corrected chi connectivity index (χ1v) is 6.97. The summed E-state index contributed by atoms with van der Waals surface area (Å²) in [6.07, 6.45) is 0.704. The monoisotopic (exact) mass is 263 g/mol. The van der Waals surface area contributed by atoms with Gasteiger partial charge in [-0.15, -0.1) is 0 Å². The van der Waals surface area contributed by atoms with Gasteiger partial charge in [0.1, 0.15) is 0 Å². The zero-order valence-corrected chi connectivity index (χ0v) is 11.0. The highest BCUT2D eigenvalue weighted by Crippen LogP contribution is 2.34. The van der Waals surface area contributed by atoms with E-state index in [2.05, 4.69) is 11.0 Å². The first kappa shape index (κ1) is 12.8. The van der Waals surface area contributed by atoms with E-state index >= 15 is 0 Å². The van der Waals surface area contributed by atoms with Crippen LogP contribution in [0.3, 0.4) is 0 Å². The van der Waals surface area contributed by atoms with Crippen LogP contribution < -0.4 is 11.3 Å². The predicted octanol–water partition coefficient (Wildman–Crippen LogP) is -0.413. The Bertz CT molecular complexity index is 514. The molecule has 1 fully saturated rings. The maximum atomic E-state index is 11.9. The third-order valence-corrected chi connectivity index (χ3v) is 4.30. The van der Waals surface area contributed by atoms with Gasteiger partial charge in [-0.25, -0.2) is 0 Å². The van der Waals surface area contributed by atoms with Gasteiger partial charge in [0.15, 0.2) is 0 Å². The molecule has 3 N–H and O–H groups in total. The summed E-state index contributed by atoms with van der Waals surface area (Å²) in [4.78, 5) is 14.2. The fourth-order valence-corrected chi connectivity index (χ4v) is 3.52. The molecule has 0 radical (unpaired) electrons. The Morgan fingerprint density at radius 1 is 1.37 bits per heavy atom. The summed E-state index contributed by atoms with van der Waals surface area (Å²) in [5.41, 5.74) is 6.74. The van der Waals surface area contributed by atoms with Crippen molar-refractivity contribution in [2.75, 3.05) is 26.2 Å². The van der Waals surface area contributed by atoms with Crippen molar-refractivity contribution in [3.8, 4) is 0 Å². The fraction of sp³-hybridized carbons (Fsp3) is 0.643. The van der Waals surface area contributed by atoms with Crippen LogP contribution in [0, 0.1) is 5.92 Å². The van der Waals surface area contributed by atoms with Gasteiger partial charge in [-0.1, -0.05) is 6.07 Å². The molecule has 2 bridgehead atoms. The van der Waals surface area contributed by atoms with Crippen molar-refractivity contribution in [1.29, 1.82) is 0 Å². The Morgan fingerprint density at radius 3 is 3.00 bits per heavy atom. The van der Waals surface area contributed by atoms with Crippen LogP contribution in [-0.4, -0.2) is 46.9 Å². The smallest absolute Gasteiger partial charge is 0.250 e. The van der Waals surface area contributed by atoms with E-state index in [4.69, 9.17) is 5.73 Å². The number of fused-ring (bicyclic) bond motifs is 4. The molecule has 0 aliphatic carbocycles. The Kier molecular flexibility index (Phi) is 3.43. The number of β-amino-alcohol motifs (C(OH)–C–C–N with tert-alkyl or cyclic N) is 1. The number of hydrogen-bond acceptors (Lipinski definition) is 4. The van der Waals surface area contributed by atoms with Crippen molar-refractivity contribution in [2.45, 2.75) is 25.0 Å². The SMILES string of the molecule is NCC(O)CN1C[C@H]2C[C@@H](C1)c1cccc(=O)n1C2. The molecule has 2 aliphatic rings. The molecular weight excluding hydrogens is 242 g/mol. The summed E-state index contributed by atoms with van der Waals surface area (Å²) in [6, 6.07) is 5.55. The molecule has 2 aliphatic heterocycles. The lowest BCUT2D eigenvalue weighted by molar-refractivity contribution is 0.0659. The van der Waals surface area contributed by atoms with Gasteiger partial charge in [0.2, 0.25) is 0 Å². The van der Waals surface area contributed by atoms with Gasteiger partial charge >= 0.3 is 0 Å². The summed E-state index contributed by atoms with van der Waals surface area (Å²) in [7, 11) is 0. The molecule has 0 saturated carbocycles. The first-order valence-electron chi connectivity index (χ1n) is 6.97. The Labute approximate surface area is 112 Å².